The van der Waals surface area contributed by atoms with E-state index in [1.165, 1.54) is 0 Å². The van der Waals surface area contributed by atoms with Crippen molar-refractivity contribution >= 4 is 39.4 Å². The lowest BCUT2D eigenvalue weighted by Gasteiger charge is -2.45. The van der Waals surface area contributed by atoms with E-state index in [-0.39, 0.29) is 29.7 Å². The monoisotopic (exact) mass is 707 g/mol. The van der Waals surface area contributed by atoms with Crippen LogP contribution < -0.4 is 21.3 Å². The molecule has 1 heterocycles. The Balaban J connectivity index is 1.59. The molecule has 0 aromatic carbocycles. The molecule has 1 aliphatic heterocycles. The number of amides is 5. The maximum absolute atomic E-state index is 14.5. The maximum atomic E-state index is 14.5. The highest BCUT2D eigenvalue weighted by Gasteiger charge is 2.71. The quantitative estimate of drug-likeness (QED) is 0.238. The first-order chi connectivity index (χ1) is 22.4. The largest absolute Gasteiger partial charge is 0.350 e. The third-order valence-electron chi connectivity index (χ3n) is 12.2. The van der Waals surface area contributed by atoms with Gasteiger partial charge >= 0.3 is 6.03 Å². The molecule has 0 aromatic rings. The molecular formula is C36H61N5O7S. The second-order valence-electron chi connectivity index (χ2n) is 17.8. The van der Waals surface area contributed by atoms with Crippen molar-refractivity contribution in [3.63, 3.8) is 0 Å². The van der Waals surface area contributed by atoms with E-state index in [4.69, 9.17) is 0 Å². The summed E-state index contributed by atoms with van der Waals surface area (Å²) < 4.78 is 26.2. The van der Waals surface area contributed by atoms with Crippen LogP contribution in [0.4, 0.5) is 4.79 Å². The number of hydrogen-bond donors (Lipinski definition) is 4. The minimum atomic E-state index is -3.64. The summed E-state index contributed by atoms with van der Waals surface area (Å²) in [5.41, 5.74) is -3.25. The molecule has 4 fully saturated rings. The molecule has 4 rings (SSSR count). The van der Waals surface area contributed by atoms with Crippen molar-refractivity contribution in [3.8, 4) is 0 Å². The fraction of sp³-hybridized carbons (Fsp3) is 0.861. The number of Topliss-reactive ketones (excluding diaryl/α,β-unsaturated/α-hetero) is 1. The van der Waals surface area contributed by atoms with Crippen LogP contribution in [0.15, 0.2) is 0 Å². The van der Waals surface area contributed by atoms with Gasteiger partial charge in [-0.3, -0.25) is 19.2 Å². The van der Waals surface area contributed by atoms with Gasteiger partial charge in [0, 0.05) is 13.1 Å². The van der Waals surface area contributed by atoms with Crippen LogP contribution >= 0.6 is 0 Å². The summed E-state index contributed by atoms with van der Waals surface area (Å²) in [5, 5.41) is 10.6. The van der Waals surface area contributed by atoms with Crippen LogP contribution in [0.1, 0.15) is 121 Å². The zero-order chi connectivity index (χ0) is 37.1. The number of carbonyl (C=O) groups is 5. The summed E-state index contributed by atoms with van der Waals surface area (Å²) in [7, 11) is -3.64. The lowest BCUT2D eigenvalue weighted by atomic mass is 9.79. The van der Waals surface area contributed by atoms with Gasteiger partial charge in [-0.1, -0.05) is 67.2 Å². The molecule has 5 amide bonds. The van der Waals surface area contributed by atoms with Crippen LogP contribution in [-0.4, -0.2) is 89.1 Å². The Bertz CT molecular complexity index is 1460. The minimum Gasteiger partial charge on any atom is -0.350 e. The number of ketones is 1. The highest BCUT2D eigenvalue weighted by atomic mass is 32.2. The van der Waals surface area contributed by atoms with E-state index in [2.05, 4.69) is 35.1 Å². The van der Waals surface area contributed by atoms with Gasteiger partial charge in [-0.2, -0.15) is 0 Å². The number of sulfone groups is 1. The molecule has 3 unspecified atom stereocenters. The number of carbonyl (C=O) groups excluding carboxylic acids is 5. The molecular weight excluding hydrogens is 646 g/mol. The Morgan fingerprint density at radius 3 is 2.00 bits per heavy atom. The first kappa shape index (κ1) is 39.1. The second kappa shape index (κ2) is 13.1. The van der Waals surface area contributed by atoms with Crippen LogP contribution in [-0.2, 0) is 29.0 Å². The minimum absolute atomic E-state index is 0.0619. The van der Waals surface area contributed by atoms with E-state index in [0.29, 0.717) is 32.2 Å². The fourth-order valence-corrected chi connectivity index (χ4v) is 10.7. The summed E-state index contributed by atoms with van der Waals surface area (Å²) in [4.78, 5) is 70.0. The predicted molar refractivity (Wildman–Crippen MR) is 188 cm³/mol. The average molecular weight is 708 g/mol. The van der Waals surface area contributed by atoms with E-state index in [1.807, 2.05) is 27.7 Å². The van der Waals surface area contributed by atoms with Crippen LogP contribution in [0.25, 0.3) is 0 Å². The lowest BCUT2D eigenvalue weighted by molar-refractivity contribution is -0.145. The van der Waals surface area contributed by atoms with Gasteiger partial charge in [-0.05, 0) is 82.5 Å². The summed E-state index contributed by atoms with van der Waals surface area (Å²) >= 11 is 0. The molecule has 0 aromatic heterocycles. The molecule has 1 saturated heterocycles. The Morgan fingerprint density at radius 1 is 0.918 bits per heavy atom. The van der Waals surface area contributed by atoms with Gasteiger partial charge < -0.3 is 26.2 Å². The van der Waals surface area contributed by atoms with E-state index in [1.54, 1.807) is 39.5 Å². The summed E-state index contributed by atoms with van der Waals surface area (Å²) in [6.07, 6.45) is 4.48. The van der Waals surface area contributed by atoms with Gasteiger partial charge in [0.2, 0.25) is 17.6 Å². The Labute approximate surface area is 293 Å². The lowest BCUT2D eigenvalue weighted by Crippen LogP contribution is -2.66. The van der Waals surface area contributed by atoms with Crippen molar-refractivity contribution in [3.05, 3.63) is 0 Å². The second-order valence-corrected chi connectivity index (χ2v) is 20.8. The van der Waals surface area contributed by atoms with Crippen molar-refractivity contribution in [2.75, 3.05) is 13.1 Å². The molecule has 278 valence electrons. The smallest absolute Gasteiger partial charge is 0.315 e. The first-order valence-corrected chi connectivity index (χ1v) is 19.7. The molecule has 3 saturated carbocycles. The van der Waals surface area contributed by atoms with E-state index in [9.17, 15) is 32.4 Å². The molecule has 13 heteroatoms. The average Bonchev–Trinajstić information content (AvgIpc) is 3.76. The van der Waals surface area contributed by atoms with Crippen molar-refractivity contribution in [2.45, 2.75) is 154 Å². The summed E-state index contributed by atoms with van der Waals surface area (Å²) in [6, 6.07) is -2.53. The standard InChI is InChI=1S/C36H61N5O7S/c1-12-22-19-36(22,27(42)29(44)37-13-2)39-28(43)25-24-23(34(24,10)11)20-41(25)30(45)26(32(4,5)6)38-31(46)40-35(17-15-14-16-18-35)21(3)49(47,48)33(7,8)9/h21-26H,12-20H2,1-11H3,(H,37,44)(H,39,43)(H2,38,40,46)/t21-,22+,23?,24?,25-,26-,36?/m0/s1. The first-order valence-electron chi connectivity index (χ1n) is 18.2. The zero-order valence-electron chi connectivity index (χ0n) is 31.5. The Kier molecular flexibility index (Phi) is 10.5. The molecule has 7 atom stereocenters. The number of hydrogen-bond acceptors (Lipinski definition) is 7. The summed E-state index contributed by atoms with van der Waals surface area (Å²) in [5.74, 6) is -2.52. The van der Waals surface area contributed by atoms with Gasteiger partial charge in [-0.15, -0.1) is 0 Å². The van der Waals surface area contributed by atoms with E-state index >= 15 is 0 Å². The molecule has 4 aliphatic rings. The van der Waals surface area contributed by atoms with Crippen molar-refractivity contribution in [1.82, 2.24) is 26.2 Å². The number of nitrogens with zero attached hydrogens (tertiary/aromatic N) is 1. The number of fused-ring (bicyclic) bond motifs is 1. The molecule has 49 heavy (non-hydrogen) atoms. The fourth-order valence-electron chi connectivity index (χ4n) is 8.71. The third kappa shape index (κ3) is 6.98. The topological polar surface area (TPSA) is 171 Å². The predicted octanol–water partition coefficient (Wildman–Crippen LogP) is 3.48. The Hall–Kier alpha value is -2.70. The van der Waals surface area contributed by atoms with Gasteiger partial charge in [-0.25, -0.2) is 13.2 Å². The maximum Gasteiger partial charge on any atom is 0.315 e. The number of piperidine rings is 1. The van der Waals surface area contributed by atoms with Gasteiger partial charge in [0.1, 0.15) is 17.6 Å². The molecule has 0 bridgehead atoms. The van der Waals surface area contributed by atoms with Crippen LogP contribution in [0.5, 0.6) is 0 Å². The third-order valence-corrected chi connectivity index (χ3v) is 15.3. The number of nitrogens with one attached hydrogen (secondary N) is 4. The molecule has 0 spiro atoms. The van der Waals surface area contributed by atoms with Crippen LogP contribution in [0, 0.1) is 28.6 Å². The van der Waals surface area contributed by atoms with Gasteiger partial charge in [0.25, 0.3) is 5.91 Å². The van der Waals surface area contributed by atoms with Crippen LogP contribution in [0.2, 0.25) is 0 Å². The molecule has 12 nitrogen and oxygen atoms in total. The normalized spacial score (nSPS) is 29.9. The van der Waals surface area contributed by atoms with Crippen LogP contribution in [0.3, 0.4) is 0 Å². The number of likely N-dealkylation sites (N-methyl/N-ethyl adjacent to an activating group) is 1. The molecule has 0 radical (unpaired) electrons. The highest BCUT2D eigenvalue weighted by molar-refractivity contribution is 7.93. The molecule has 4 N–H and O–H groups in total. The number of rotatable bonds is 11. The molecule has 3 aliphatic carbocycles. The highest BCUT2D eigenvalue weighted by Crippen LogP contribution is 2.65. The van der Waals surface area contributed by atoms with Crippen molar-refractivity contribution in [2.24, 2.45) is 28.6 Å². The summed E-state index contributed by atoms with van der Waals surface area (Å²) in [6.45, 7) is 20.6. The van der Waals surface area contributed by atoms with Gasteiger partial charge in [0.05, 0.1) is 15.5 Å². The van der Waals surface area contributed by atoms with Crippen molar-refractivity contribution in [1.29, 1.82) is 0 Å². The number of likely N-dealkylation sites (tertiary alicyclic amines) is 1. The SMILES string of the molecule is CCNC(=O)C(=O)C1(NC(=O)[C@@H]2C3C(CN2C(=O)[C@H](NC(=O)NC2([C@H](C)S(=O)(=O)C(C)(C)C)CCCCC2)C(C)(C)C)C3(C)C)C[C@H]1CC. The van der Waals surface area contributed by atoms with E-state index in [0.717, 1.165) is 19.3 Å². The van der Waals surface area contributed by atoms with Crippen molar-refractivity contribution < 1.29 is 32.4 Å². The number of urea groups is 1. The zero-order valence-corrected chi connectivity index (χ0v) is 32.4. The Morgan fingerprint density at radius 2 is 1.51 bits per heavy atom. The van der Waals surface area contributed by atoms with Gasteiger partial charge in [0.15, 0.2) is 9.84 Å². The van der Waals surface area contributed by atoms with E-state index < -0.39 is 77.9 Å².